The summed E-state index contributed by atoms with van der Waals surface area (Å²) in [5, 5.41) is 9.75. The number of rotatable bonds is 15. The van der Waals surface area contributed by atoms with E-state index in [9.17, 15) is 8.22 Å². The number of benzene rings is 17. The Morgan fingerprint density at radius 3 is 1.17 bits per heavy atom. The van der Waals surface area contributed by atoms with Gasteiger partial charge in [-0.25, -0.2) is 0 Å². The highest BCUT2D eigenvalue weighted by atomic mass is 28.3. The van der Waals surface area contributed by atoms with Gasteiger partial charge in [0.25, 0.3) is 6.71 Å². The van der Waals surface area contributed by atoms with E-state index >= 15 is 0 Å². The van der Waals surface area contributed by atoms with E-state index in [1.807, 2.05) is 24.3 Å². The fourth-order valence-corrected chi connectivity index (χ4v) is 27.8. The van der Waals surface area contributed by atoms with E-state index in [0.717, 1.165) is 89.0 Å². The van der Waals surface area contributed by atoms with Gasteiger partial charge in [-0.15, -0.1) is 0 Å². The van der Waals surface area contributed by atoms with Crippen LogP contribution in [0.15, 0.2) is 424 Å². The lowest BCUT2D eigenvalue weighted by Gasteiger charge is -2.41. The van der Waals surface area contributed by atoms with E-state index < -0.39 is 71.2 Å². The van der Waals surface area contributed by atoms with Crippen molar-refractivity contribution in [1.82, 2.24) is 4.57 Å². The lowest BCUT2D eigenvalue weighted by molar-refractivity contribution is 0.487. The van der Waals surface area contributed by atoms with Crippen LogP contribution >= 0.6 is 0 Å². The molecule has 0 bridgehead atoms. The van der Waals surface area contributed by atoms with Crippen LogP contribution in [0.3, 0.4) is 0 Å². The Bertz CT molecular complexity index is 6740. The molecule has 0 amide bonds. The molecule has 20 rings (SSSR count). The van der Waals surface area contributed by atoms with Crippen LogP contribution in [0, 0.1) is 0 Å². The minimum Gasteiger partial charge on any atom is -0.458 e. The topological polar surface area (TPSA) is 17.4 Å². The van der Waals surface area contributed by atoms with Gasteiger partial charge in [0.1, 0.15) is 11.5 Å². The normalized spacial score (nSPS) is 13.5. The van der Waals surface area contributed by atoms with Crippen LogP contribution in [0.5, 0.6) is 11.5 Å². The molecular weight excluding hydrogens is 1380 g/mol. The molecule has 2 aliphatic heterocycles. The average molecular weight is 1470 g/mol. The van der Waals surface area contributed by atoms with Crippen molar-refractivity contribution in [3.63, 3.8) is 0 Å². The first-order valence-corrected chi connectivity index (χ1v) is 42.4. The zero-order valence-corrected chi connectivity index (χ0v) is 64.2. The average Bonchev–Trinajstić information content (AvgIpc) is 1.35. The van der Waals surface area contributed by atoms with Gasteiger partial charge in [-0.2, -0.15) is 0 Å². The van der Waals surface area contributed by atoms with Crippen LogP contribution in [-0.4, -0.2) is 27.4 Å². The molecule has 17 aromatic carbocycles. The quantitative estimate of drug-likeness (QED) is 0.0752. The maximum Gasteiger partial charge on any atom is 0.256 e. The van der Waals surface area contributed by atoms with Gasteiger partial charge in [0.05, 0.1) is 33.4 Å². The first-order chi connectivity index (χ1) is 58.5. The van der Waals surface area contributed by atoms with E-state index in [-0.39, 0.29) is 27.2 Å². The van der Waals surface area contributed by atoms with Crippen molar-refractivity contribution in [1.29, 1.82) is 0 Å². The molecular formula is C106H79BN2OSi2. The van der Waals surface area contributed by atoms with Crippen LogP contribution in [-0.2, 0) is 5.41 Å². The SMILES string of the molecule is [2H]c1c([2H])c([2H])c2c(c1[2H])c1c([2H])c([2H])c([2H])c([2H])c1n2-c1cc2c3c(c1)N(c1ccc(C(C)(C)C)cc1-c1ccccc1)c1ccc(-c4ccccc4)cc1B3c1cc(-c3cc([Si](c4ccccc4)(c4ccccc4)c4cccc(-c5ccccc5)c4)cc([Si](c4ccccc4)(c4ccccc4)c4cccc(-c5ccccc5)c4)c3)ccc1O2. The zero-order chi connectivity index (χ0) is 81.9. The minimum atomic E-state index is -3.55. The fraction of sp³-hybridized carbons (Fsp3) is 0.0377. The number of anilines is 3. The van der Waals surface area contributed by atoms with Crippen LogP contribution in [0.4, 0.5) is 17.1 Å². The number of aromatic nitrogens is 1. The molecule has 0 fully saturated rings. The molecule has 0 saturated carbocycles. The molecule has 0 unspecified atom stereocenters. The summed E-state index contributed by atoms with van der Waals surface area (Å²) in [7, 11) is -7.10. The van der Waals surface area contributed by atoms with Crippen molar-refractivity contribution >= 4 is 120 Å². The second-order valence-electron chi connectivity index (χ2n) is 30.4. The summed E-state index contributed by atoms with van der Waals surface area (Å²) in [6.07, 6.45) is 0. The molecule has 18 aromatic rings. The molecule has 3 nitrogen and oxygen atoms in total. The maximum absolute atomic E-state index is 9.84. The molecule has 112 heavy (non-hydrogen) atoms. The number of hydrogen-bond donors (Lipinski definition) is 0. The summed E-state index contributed by atoms with van der Waals surface area (Å²) in [5.74, 6) is 1.05. The summed E-state index contributed by atoms with van der Waals surface area (Å²) in [5.41, 5.74) is 16.9. The van der Waals surface area contributed by atoms with E-state index in [4.69, 9.17) is 7.48 Å². The van der Waals surface area contributed by atoms with Crippen LogP contribution in [0.1, 0.15) is 37.3 Å². The predicted molar refractivity (Wildman–Crippen MR) is 480 cm³/mol. The standard InChI is InChI=1S/C106H79BN2OSi2/c1-106(2,3)83-60-62-100(95(70-83)77-40-18-7-19-41-77)109-101-61-58-80(76-38-16-6-17-39-76)68-96(101)107-97-69-81(59-63-103(97)110-104-72-84(71-102(109)105(104)107)108-98-56-30-28-54-93(98)94-55-29-31-57-99(94)108)82-66-91(111(85-44-20-8-21-45-85,86-46-22-9-23-47-86)89-52-32-42-78(64-89)74-34-12-4-13-35-74)73-92(67-82)112(87-48-24-10-25-49-87,88-50-26-11-27-51-88)90-53-33-43-79(65-90)75-36-14-5-15-37-75/h4-73H,1-3H3/i28D,29D,30D,31D,54D,55D,56D,57D. The number of hydrogen-bond acceptors (Lipinski definition) is 2. The van der Waals surface area contributed by atoms with Gasteiger partial charge >= 0.3 is 0 Å². The Morgan fingerprint density at radius 1 is 0.295 bits per heavy atom. The molecule has 1 aromatic heterocycles. The lowest BCUT2D eigenvalue weighted by Crippen LogP contribution is -2.78. The number of nitrogens with zero attached hydrogens (tertiary/aromatic N) is 2. The maximum atomic E-state index is 9.84. The van der Waals surface area contributed by atoms with Gasteiger partial charge < -0.3 is 14.2 Å². The third kappa shape index (κ3) is 11.5. The van der Waals surface area contributed by atoms with Gasteiger partial charge in [-0.1, -0.05) is 397 Å². The summed E-state index contributed by atoms with van der Waals surface area (Å²) in [4.78, 5) is 2.32. The minimum absolute atomic E-state index is 0.00920. The van der Waals surface area contributed by atoms with E-state index in [1.54, 1.807) is 4.57 Å². The first kappa shape index (κ1) is 59.6. The summed E-state index contributed by atoms with van der Waals surface area (Å²) >= 11 is 0. The molecule has 0 aliphatic carbocycles. The van der Waals surface area contributed by atoms with Crippen LogP contribution < -0.4 is 67.5 Å². The molecule has 3 heterocycles. The van der Waals surface area contributed by atoms with Crippen molar-refractivity contribution in [3.8, 4) is 72.8 Å². The van der Waals surface area contributed by atoms with E-state index in [1.165, 1.54) is 41.5 Å². The molecule has 0 spiro atoms. The Kier molecular flexibility index (Phi) is 14.9. The van der Waals surface area contributed by atoms with Gasteiger partial charge in [0.2, 0.25) is 0 Å². The van der Waals surface area contributed by atoms with Crippen molar-refractivity contribution < 1.29 is 15.7 Å². The number of ether oxygens (including phenoxy) is 1. The Hall–Kier alpha value is -13.4. The molecule has 0 atom stereocenters. The van der Waals surface area contributed by atoms with Crippen LogP contribution in [0.25, 0.3) is 83.1 Å². The third-order valence-corrected chi connectivity index (χ3v) is 32.6. The predicted octanol–water partition coefficient (Wildman–Crippen LogP) is 19.6. The summed E-state index contributed by atoms with van der Waals surface area (Å²) in [6.45, 7) is 6.12. The van der Waals surface area contributed by atoms with Crippen molar-refractivity contribution in [2.24, 2.45) is 0 Å². The third-order valence-electron chi connectivity index (χ3n) is 23.1. The van der Waals surface area contributed by atoms with Crippen molar-refractivity contribution in [2.45, 2.75) is 26.2 Å². The summed E-state index contributed by atoms with van der Waals surface area (Å²) < 4.78 is 84.9. The second-order valence-corrected chi connectivity index (χ2v) is 38.0. The molecule has 6 heteroatoms. The highest BCUT2D eigenvalue weighted by Gasteiger charge is 2.48. The number of fused-ring (bicyclic) bond motifs is 7. The first-order valence-electron chi connectivity index (χ1n) is 42.4. The smallest absolute Gasteiger partial charge is 0.256 e. The molecule has 2 aliphatic rings. The Labute approximate surface area is 669 Å². The summed E-state index contributed by atoms with van der Waals surface area (Å²) in [6, 6.07) is 134. The van der Waals surface area contributed by atoms with E-state index in [2.05, 4.69) is 378 Å². The van der Waals surface area contributed by atoms with Crippen molar-refractivity contribution in [2.75, 3.05) is 4.90 Å². The second kappa shape index (κ2) is 27.9. The van der Waals surface area contributed by atoms with Gasteiger partial charge in [0, 0.05) is 33.8 Å². The van der Waals surface area contributed by atoms with Gasteiger partial charge in [-0.05, 0) is 161 Å². The fourth-order valence-electron chi connectivity index (χ4n) is 17.9. The number of para-hydroxylation sites is 2. The molecule has 0 radical (unpaired) electrons. The van der Waals surface area contributed by atoms with Crippen molar-refractivity contribution in [3.05, 3.63) is 430 Å². The van der Waals surface area contributed by atoms with Gasteiger partial charge in [-0.3, -0.25) is 0 Å². The lowest BCUT2D eigenvalue weighted by atomic mass is 9.34. The molecule has 0 saturated heterocycles. The van der Waals surface area contributed by atoms with E-state index in [0.29, 0.717) is 22.9 Å². The molecule has 0 N–H and O–H groups in total. The zero-order valence-electron chi connectivity index (χ0n) is 70.2. The van der Waals surface area contributed by atoms with Crippen LogP contribution in [0.2, 0.25) is 0 Å². The largest absolute Gasteiger partial charge is 0.458 e. The monoisotopic (exact) mass is 1470 g/mol. The highest BCUT2D eigenvalue weighted by molar-refractivity contribution is 7.22. The molecule has 530 valence electrons. The highest BCUT2D eigenvalue weighted by Crippen LogP contribution is 2.48. The van der Waals surface area contributed by atoms with Gasteiger partial charge in [0.15, 0.2) is 16.1 Å². The Morgan fingerprint density at radius 2 is 0.688 bits per heavy atom. The Balaban J connectivity index is 0.917.